The highest BCUT2D eigenvalue weighted by molar-refractivity contribution is 6.30. The van der Waals surface area contributed by atoms with Gasteiger partial charge in [0, 0.05) is 7.11 Å². The molecular weight excluding hydrogens is 442 g/mol. The van der Waals surface area contributed by atoms with Gasteiger partial charge in [-0.2, -0.15) is 13.2 Å². The molecule has 1 aliphatic rings. The molecule has 4 nitrogen and oxygen atoms in total. The first-order chi connectivity index (χ1) is 13.8. The minimum Gasteiger partial charge on any atom is -0.493 e. The Bertz CT molecular complexity index is 866. The molecule has 0 heterocycles. The maximum Gasteiger partial charge on any atom is 0.426 e. The van der Waals surface area contributed by atoms with Crippen LogP contribution in [0.2, 0.25) is 0 Å². The van der Waals surface area contributed by atoms with Crippen molar-refractivity contribution < 1.29 is 45.3 Å². The lowest BCUT2D eigenvalue weighted by Gasteiger charge is -2.15. The maximum atomic E-state index is 14.4. The highest BCUT2D eigenvalue weighted by Gasteiger charge is 2.62. The zero-order valence-corrected chi connectivity index (χ0v) is 17.2. The van der Waals surface area contributed by atoms with Crippen molar-refractivity contribution in [3.63, 3.8) is 0 Å². The Balaban J connectivity index is 2.23. The van der Waals surface area contributed by atoms with Gasteiger partial charge in [0.25, 0.3) is 0 Å². The third kappa shape index (κ3) is 4.54. The van der Waals surface area contributed by atoms with Crippen molar-refractivity contribution in [3.05, 3.63) is 39.7 Å². The summed E-state index contributed by atoms with van der Waals surface area (Å²) in [6.07, 6.45) is -4.04. The van der Waals surface area contributed by atoms with Crippen LogP contribution in [0.4, 0.5) is 26.3 Å². The Morgan fingerprint density at radius 2 is 1.63 bits per heavy atom. The van der Waals surface area contributed by atoms with E-state index in [4.69, 9.17) is 21.1 Å². The second-order valence-corrected chi connectivity index (χ2v) is 7.72. The molecule has 0 aromatic heterocycles. The van der Waals surface area contributed by atoms with Crippen molar-refractivity contribution in [1.29, 1.82) is 0 Å². The Morgan fingerprint density at radius 1 is 1.07 bits per heavy atom. The molecule has 0 amide bonds. The van der Waals surface area contributed by atoms with Gasteiger partial charge in [0.2, 0.25) is 0 Å². The molecule has 0 radical (unpaired) electrons. The molecule has 2 atom stereocenters. The highest BCUT2D eigenvalue weighted by Crippen LogP contribution is 2.60. The smallest absolute Gasteiger partial charge is 0.426 e. The van der Waals surface area contributed by atoms with E-state index >= 15 is 0 Å². The fourth-order valence-electron chi connectivity index (χ4n) is 3.27. The molecule has 2 rings (SSSR count). The normalized spacial score (nSPS) is 20.8. The third-order valence-electron chi connectivity index (χ3n) is 5.07. The molecule has 1 aliphatic carbocycles. The van der Waals surface area contributed by atoms with Crippen LogP contribution in [0.3, 0.4) is 0 Å². The molecule has 0 unspecified atom stereocenters. The van der Waals surface area contributed by atoms with Crippen molar-refractivity contribution in [1.82, 2.24) is 0 Å². The first-order valence-electron chi connectivity index (χ1n) is 8.61. The van der Waals surface area contributed by atoms with Gasteiger partial charge in [-0.3, -0.25) is 4.79 Å². The van der Waals surface area contributed by atoms with Gasteiger partial charge in [-0.15, -0.1) is 0 Å². The molecule has 0 saturated heterocycles. The summed E-state index contributed by atoms with van der Waals surface area (Å²) in [7, 11) is 2.17. The van der Waals surface area contributed by atoms with Crippen molar-refractivity contribution in [2.24, 2.45) is 17.3 Å². The third-order valence-corrected chi connectivity index (χ3v) is 5.41. The summed E-state index contributed by atoms with van der Waals surface area (Å²) in [5, 5.41) is -1.37. The van der Waals surface area contributed by atoms with Crippen LogP contribution < -0.4 is 4.74 Å². The number of carbonyl (C=O) groups is 1. The molecule has 11 heteroatoms. The summed E-state index contributed by atoms with van der Waals surface area (Å²) in [6.45, 7) is 1.61. The lowest BCUT2D eigenvalue weighted by molar-refractivity contribution is -0.147. The Hall–Kier alpha value is -1.94. The van der Waals surface area contributed by atoms with E-state index in [1.54, 1.807) is 0 Å². The van der Waals surface area contributed by atoms with Crippen molar-refractivity contribution in [2.45, 2.75) is 33.2 Å². The van der Waals surface area contributed by atoms with Gasteiger partial charge in [-0.1, -0.05) is 31.5 Å². The number of alkyl halides is 3. The number of benzene rings is 1. The lowest BCUT2D eigenvalue weighted by Crippen LogP contribution is -2.14. The number of carbonyl (C=O) groups excluding carboxylic acids is 1. The van der Waals surface area contributed by atoms with Crippen LogP contribution >= 0.6 is 11.6 Å². The number of halogens is 7. The Labute approximate surface area is 173 Å². The van der Waals surface area contributed by atoms with Crippen LogP contribution in [0.5, 0.6) is 5.75 Å². The molecule has 0 bridgehead atoms. The summed E-state index contributed by atoms with van der Waals surface area (Å²) in [6, 6.07) is 0. The standard InChI is InChI=1S/C19H19ClF6O4/c1-18(2)10(5-11(20)19(24,25)26)12(18)17(27)30-7-9-14(22)13(21)8(6-28-3)15(23)16(9)29-4/h5,10,12H,6-7H2,1-4H3/t10-,12-/m0/s1. The molecule has 0 N–H and O–H groups in total. The van der Waals surface area contributed by atoms with Crippen LogP contribution in [0.25, 0.3) is 0 Å². The minimum atomic E-state index is -4.76. The Kier molecular flexibility index (Phi) is 7.03. The molecule has 1 aromatic rings. The van der Waals surface area contributed by atoms with Gasteiger partial charge < -0.3 is 14.2 Å². The van der Waals surface area contributed by atoms with Crippen molar-refractivity contribution in [3.8, 4) is 5.75 Å². The average Bonchev–Trinajstić information content (AvgIpc) is 3.19. The van der Waals surface area contributed by atoms with Crippen molar-refractivity contribution in [2.75, 3.05) is 14.2 Å². The zero-order valence-electron chi connectivity index (χ0n) is 16.4. The molecule has 168 valence electrons. The second-order valence-electron chi connectivity index (χ2n) is 7.31. The maximum absolute atomic E-state index is 14.4. The van der Waals surface area contributed by atoms with Gasteiger partial charge in [0.05, 0.1) is 30.8 Å². The number of hydrogen-bond donors (Lipinski definition) is 0. The molecule has 1 fully saturated rings. The first kappa shape index (κ1) is 24.3. The summed E-state index contributed by atoms with van der Waals surface area (Å²) < 4.78 is 95.2. The van der Waals surface area contributed by atoms with E-state index in [2.05, 4.69) is 4.74 Å². The van der Waals surface area contributed by atoms with E-state index in [0.717, 1.165) is 14.2 Å². The van der Waals surface area contributed by atoms with Crippen LogP contribution in [-0.2, 0) is 27.5 Å². The van der Waals surface area contributed by atoms with Gasteiger partial charge in [-0.25, -0.2) is 13.2 Å². The van der Waals surface area contributed by atoms with Gasteiger partial charge in [0.15, 0.2) is 23.2 Å². The predicted octanol–water partition coefficient (Wildman–Crippen LogP) is 5.26. The predicted molar refractivity (Wildman–Crippen MR) is 94.1 cm³/mol. The minimum absolute atomic E-state index is 0.560. The van der Waals surface area contributed by atoms with E-state index < -0.39 is 82.0 Å². The molecule has 30 heavy (non-hydrogen) atoms. The van der Waals surface area contributed by atoms with Gasteiger partial charge in [0.1, 0.15) is 11.6 Å². The molecular formula is C19H19ClF6O4. The lowest BCUT2D eigenvalue weighted by atomic mass is 10.1. The number of hydrogen-bond acceptors (Lipinski definition) is 4. The number of ether oxygens (including phenoxy) is 3. The summed E-state index contributed by atoms with van der Waals surface area (Å²) in [5.41, 5.74) is -2.28. The SMILES string of the molecule is COCc1c(F)c(F)c(COC(=O)[C@@H]2[C@H](C=C(Cl)C(F)(F)F)C2(C)C)c(OC)c1F. The monoisotopic (exact) mass is 460 g/mol. The molecule has 1 aromatic carbocycles. The number of methoxy groups -OCH3 is 2. The fraction of sp³-hybridized carbons (Fsp3) is 0.526. The van der Waals surface area contributed by atoms with E-state index in [9.17, 15) is 31.1 Å². The zero-order chi connectivity index (χ0) is 23.0. The van der Waals surface area contributed by atoms with E-state index in [1.165, 1.54) is 13.8 Å². The fourth-order valence-corrected chi connectivity index (χ4v) is 3.40. The number of allylic oxidation sites excluding steroid dienone is 2. The first-order valence-corrected chi connectivity index (χ1v) is 8.99. The highest BCUT2D eigenvalue weighted by atomic mass is 35.5. The summed E-state index contributed by atoms with van der Waals surface area (Å²) >= 11 is 5.22. The average molecular weight is 461 g/mol. The second kappa shape index (κ2) is 8.66. The van der Waals surface area contributed by atoms with Gasteiger partial charge >= 0.3 is 12.1 Å². The van der Waals surface area contributed by atoms with Crippen LogP contribution in [0.15, 0.2) is 11.1 Å². The van der Waals surface area contributed by atoms with Crippen LogP contribution in [0, 0.1) is 34.7 Å². The van der Waals surface area contributed by atoms with E-state index in [1.807, 2.05) is 0 Å². The van der Waals surface area contributed by atoms with Crippen LogP contribution in [0.1, 0.15) is 25.0 Å². The van der Waals surface area contributed by atoms with Crippen LogP contribution in [-0.4, -0.2) is 26.4 Å². The van der Waals surface area contributed by atoms with E-state index in [0.29, 0.717) is 6.08 Å². The number of rotatable bonds is 7. The van der Waals surface area contributed by atoms with Crippen molar-refractivity contribution >= 4 is 17.6 Å². The molecule has 1 saturated carbocycles. The van der Waals surface area contributed by atoms with E-state index in [-0.39, 0.29) is 0 Å². The summed E-state index contributed by atoms with van der Waals surface area (Å²) in [4.78, 5) is 12.3. The molecule has 0 spiro atoms. The topological polar surface area (TPSA) is 44.8 Å². The quantitative estimate of drug-likeness (QED) is 0.316. The number of esters is 1. The molecule has 0 aliphatic heterocycles. The largest absolute Gasteiger partial charge is 0.493 e. The summed E-state index contributed by atoms with van der Waals surface area (Å²) in [5.74, 6) is -7.72. The Morgan fingerprint density at radius 3 is 2.13 bits per heavy atom. The van der Waals surface area contributed by atoms with Gasteiger partial charge in [-0.05, 0) is 11.3 Å².